The van der Waals surface area contributed by atoms with E-state index in [9.17, 15) is 9.59 Å². The Kier molecular flexibility index (Phi) is 3.18. The molecule has 2 fully saturated rings. The Labute approximate surface area is 144 Å². The third-order valence-electron chi connectivity index (χ3n) is 6.20. The minimum absolute atomic E-state index is 0.0544. The van der Waals surface area contributed by atoms with Gasteiger partial charge in [-0.25, -0.2) is 0 Å². The highest BCUT2D eigenvalue weighted by Gasteiger charge is 2.62. The van der Waals surface area contributed by atoms with E-state index in [1.807, 2.05) is 11.8 Å². The molecule has 1 aromatic rings. The lowest BCUT2D eigenvalue weighted by Gasteiger charge is -2.22. The number of nitrogens with two attached hydrogens (primary N) is 1. The van der Waals surface area contributed by atoms with Crippen molar-refractivity contribution in [2.45, 2.75) is 38.0 Å². The highest BCUT2D eigenvalue weighted by molar-refractivity contribution is 9.10. The van der Waals surface area contributed by atoms with E-state index in [4.69, 9.17) is 5.73 Å². The van der Waals surface area contributed by atoms with Gasteiger partial charge >= 0.3 is 0 Å². The Morgan fingerprint density at radius 3 is 2.83 bits per heavy atom. The van der Waals surface area contributed by atoms with E-state index in [-0.39, 0.29) is 23.1 Å². The first-order valence-electron chi connectivity index (χ1n) is 8.23. The number of nitrogens with zero attached hydrogens (tertiary/aromatic N) is 1. The van der Waals surface area contributed by atoms with Crippen molar-refractivity contribution in [3.8, 4) is 0 Å². The predicted molar refractivity (Wildman–Crippen MR) is 90.7 cm³/mol. The average Bonchev–Trinajstić information content (AvgIpc) is 2.91. The van der Waals surface area contributed by atoms with Gasteiger partial charge in [0.2, 0.25) is 11.8 Å². The maximum absolute atomic E-state index is 12.9. The smallest absolute Gasteiger partial charge is 0.226 e. The predicted octanol–water partition coefficient (Wildman–Crippen LogP) is 2.38. The van der Waals surface area contributed by atoms with E-state index in [2.05, 4.69) is 34.1 Å². The molecule has 122 valence electrons. The number of carbonyl (C=O) groups excluding carboxylic acids is 2. The van der Waals surface area contributed by atoms with E-state index in [0.717, 1.165) is 23.7 Å². The van der Waals surface area contributed by atoms with Gasteiger partial charge in [0.1, 0.15) is 0 Å². The van der Waals surface area contributed by atoms with Gasteiger partial charge in [-0.15, -0.1) is 0 Å². The molecule has 2 amide bonds. The van der Waals surface area contributed by atoms with Crippen LogP contribution in [0.5, 0.6) is 0 Å². The molecule has 1 spiro atoms. The van der Waals surface area contributed by atoms with Crippen molar-refractivity contribution in [3.05, 3.63) is 33.8 Å². The number of amides is 2. The molecular formula is C18H21BrN2O2. The summed E-state index contributed by atoms with van der Waals surface area (Å²) in [6.45, 7) is 2.99. The van der Waals surface area contributed by atoms with E-state index < -0.39 is 5.41 Å². The minimum Gasteiger partial charge on any atom is -0.369 e. The van der Waals surface area contributed by atoms with E-state index in [0.29, 0.717) is 19.5 Å². The van der Waals surface area contributed by atoms with Gasteiger partial charge in [-0.05, 0) is 55.9 Å². The molecule has 1 saturated carbocycles. The third-order valence-corrected chi connectivity index (χ3v) is 6.69. The second kappa shape index (κ2) is 4.82. The summed E-state index contributed by atoms with van der Waals surface area (Å²) in [5, 5.41) is 0. The van der Waals surface area contributed by atoms with Crippen molar-refractivity contribution in [1.82, 2.24) is 4.90 Å². The molecule has 1 aromatic carbocycles. The summed E-state index contributed by atoms with van der Waals surface area (Å²) in [7, 11) is 0. The van der Waals surface area contributed by atoms with Gasteiger partial charge in [-0.3, -0.25) is 9.59 Å². The number of benzene rings is 1. The monoisotopic (exact) mass is 376 g/mol. The van der Waals surface area contributed by atoms with Crippen LogP contribution in [0.1, 0.15) is 37.3 Å². The molecule has 0 radical (unpaired) electrons. The van der Waals surface area contributed by atoms with Crippen LogP contribution in [0.25, 0.3) is 0 Å². The number of primary amides is 1. The molecule has 2 aliphatic carbocycles. The normalized spacial score (nSPS) is 34.7. The maximum Gasteiger partial charge on any atom is 0.226 e. The fourth-order valence-corrected chi connectivity index (χ4v) is 4.93. The minimum atomic E-state index is -0.559. The fourth-order valence-electron chi connectivity index (χ4n) is 4.52. The van der Waals surface area contributed by atoms with E-state index >= 15 is 0 Å². The molecule has 0 bridgehead atoms. The molecule has 4 nitrogen and oxygen atoms in total. The van der Waals surface area contributed by atoms with E-state index in [1.165, 1.54) is 11.1 Å². The van der Waals surface area contributed by atoms with Crippen molar-refractivity contribution < 1.29 is 9.59 Å². The standard InChI is InChI=1S/C18H21BrN2O2/c1-17(16(20)23)6-7-21(10-17)15(22)14-9-18(14)5-4-11-8-12(19)2-3-13(11)18/h2-3,8,14H,4-7,9-10H2,1H3,(H2,20,23). The van der Waals surface area contributed by atoms with Gasteiger partial charge in [-0.2, -0.15) is 0 Å². The summed E-state index contributed by atoms with van der Waals surface area (Å²) in [5.74, 6) is 0.000248. The van der Waals surface area contributed by atoms with Crippen LogP contribution in [0, 0.1) is 11.3 Å². The fraction of sp³-hybridized carbons (Fsp3) is 0.556. The highest BCUT2D eigenvalue weighted by atomic mass is 79.9. The summed E-state index contributed by atoms with van der Waals surface area (Å²) >= 11 is 3.53. The van der Waals surface area contributed by atoms with Crippen molar-refractivity contribution in [2.24, 2.45) is 17.1 Å². The van der Waals surface area contributed by atoms with Gasteiger partial charge in [0.15, 0.2) is 0 Å². The van der Waals surface area contributed by atoms with Gasteiger partial charge in [0.05, 0.1) is 5.41 Å². The van der Waals surface area contributed by atoms with Gasteiger partial charge < -0.3 is 10.6 Å². The molecule has 1 aliphatic heterocycles. The topological polar surface area (TPSA) is 63.4 Å². The number of halogens is 1. The molecule has 1 saturated heterocycles. The molecule has 3 atom stereocenters. The Hall–Kier alpha value is -1.36. The van der Waals surface area contributed by atoms with Gasteiger partial charge in [0, 0.05) is 28.9 Å². The number of likely N-dealkylation sites (tertiary alicyclic amines) is 1. The zero-order valence-electron chi connectivity index (χ0n) is 13.3. The van der Waals surface area contributed by atoms with Crippen LogP contribution in [0.2, 0.25) is 0 Å². The largest absolute Gasteiger partial charge is 0.369 e. The lowest BCUT2D eigenvalue weighted by molar-refractivity contribution is -0.133. The second-order valence-corrected chi connectivity index (χ2v) is 8.56. The highest BCUT2D eigenvalue weighted by Crippen LogP contribution is 2.62. The summed E-state index contributed by atoms with van der Waals surface area (Å²) in [6, 6.07) is 6.44. The zero-order valence-corrected chi connectivity index (χ0v) is 14.9. The summed E-state index contributed by atoms with van der Waals surface area (Å²) in [6.07, 6.45) is 3.75. The van der Waals surface area contributed by atoms with Crippen molar-refractivity contribution >= 4 is 27.7 Å². The zero-order chi connectivity index (χ0) is 16.4. The molecule has 3 aliphatic rings. The van der Waals surface area contributed by atoms with Crippen LogP contribution in [-0.2, 0) is 21.4 Å². The van der Waals surface area contributed by atoms with Crippen molar-refractivity contribution in [1.29, 1.82) is 0 Å². The van der Waals surface area contributed by atoms with Crippen molar-refractivity contribution in [2.75, 3.05) is 13.1 Å². The average molecular weight is 377 g/mol. The molecule has 5 heteroatoms. The van der Waals surface area contributed by atoms with Gasteiger partial charge in [-0.1, -0.05) is 22.0 Å². The first-order chi connectivity index (χ1) is 10.9. The lowest BCUT2D eigenvalue weighted by atomic mass is 9.89. The molecule has 3 unspecified atom stereocenters. The lowest BCUT2D eigenvalue weighted by Crippen LogP contribution is -2.39. The number of hydrogen-bond acceptors (Lipinski definition) is 2. The number of fused-ring (bicyclic) bond motifs is 2. The Morgan fingerprint density at radius 1 is 1.35 bits per heavy atom. The van der Waals surface area contributed by atoms with Crippen LogP contribution in [0.15, 0.2) is 22.7 Å². The third kappa shape index (κ3) is 2.16. The summed E-state index contributed by atoms with van der Waals surface area (Å²) in [5.41, 5.74) is 7.72. The molecule has 4 rings (SSSR count). The number of carbonyl (C=O) groups is 2. The maximum atomic E-state index is 12.9. The first-order valence-corrected chi connectivity index (χ1v) is 9.03. The molecule has 0 aromatic heterocycles. The van der Waals surface area contributed by atoms with Crippen molar-refractivity contribution in [3.63, 3.8) is 0 Å². The molecule has 1 heterocycles. The second-order valence-electron chi connectivity index (χ2n) is 7.65. The molecule has 2 N–H and O–H groups in total. The quantitative estimate of drug-likeness (QED) is 0.860. The van der Waals surface area contributed by atoms with Crippen LogP contribution in [-0.4, -0.2) is 29.8 Å². The molecule has 23 heavy (non-hydrogen) atoms. The summed E-state index contributed by atoms with van der Waals surface area (Å²) in [4.78, 5) is 26.4. The van der Waals surface area contributed by atoms with E-state index in [1.54, 1.807) is 0 Å². The van der Waals surface area contributed by atoms with Crippen LogP contribution in [0.4, 0.5) is 0 Å². The van der Waals surface area contributed by atoms with Crippen LogP contribution < -0.4 is 5.73 Å². The SMILES string of the molecule is CC1(C(N)=O)CCN(C(=O)C2CC23CCc2cc(Br)ccc23)C1. The number of rotatable bonds is 2. The Morgan fingerprint density at radius 2 is 2.13 bits per heavy atom. The molecular weight excluding hydrogens is 356 g/mol. The first kappa shape index (κ1) is 15.2. The Balaban J connectivity index is 1.53. The number of aryl methyl sites for hydroxylation is 1. The Bertz CT molecular complexity index is 719. The van der Waals surface area contributed by atoms with Crippen LogP contribution in [0.3, 0.4) is 0 Å². The van der Waals surface area contributed by atoms with Gasteiger partial charge in [0.25, 0.3) is 0 Å². The van der Waals surface area contributed by atoms with Crippen LogP contribution >= 0.6 is 15.9 Å². The number of hydrogen-bond donors (Lipinski definition) is 1. The summed E-state index contributed by atoms with van der Waals surface area (Å²) < 4.78 is 1.11.